The Kier molecular flexibility index (Phi) is 8.04. The summed E-state index contributed by atoms with van der Waals surface area (Å²) in [6.45, 7) is 17.8. The highest BCUT2D eigenvalue weighted by atomic mass is 28.4. The topological polar surface area (TPSA) is 27.7 Å². The summed E-state index contributed by atoms with van der Waals surface area (Å²) in [5.41, 5.74) is 1.47. The molecule has 0 N–H and O–H groups in total. The zero-order valence-electron chi connectivity index (χ0n) is 17.2. The molecule has 0 atom stereocenters. The second-order valence-corrected chi connectivity index (χ2v) is 20.4. The fourth-order valence-electron chi connectivity index (χ4n) is 3.90. The van der Waals surface area contributed by atoms with E-state index in [1.165, 1.54) is 5.57 Å². The van der Waals surface area contributed by atoms with Crippen molar-refractivity contribution in [2.24, 2.45) is 0 Å². The Balaban J connectivity index is 3.43. The van der Waals surface area contributed by atoms with Gasteiger partial charge in [0.1, 0.15) is 0 Å². The van der Waals surface area contributed by atoms with Crippen LogP contribution in [0.1, 0.15) is 6.42 Å². The minimum Gasteiger partial charge on any atom is -0.377 e. The van der Waals surface area contributed by atoms with Gasteiger partial charge < -0.3 is 13.3 Å². The van der Waals surface area contributed by atoms with Crippen LogP contribution in [-0.2, 0) is 13.3 Å². The fraction of sp³-hybridized carbons (Fsp3) is 0.579. The first kappa shape index (κ1) is 22.5. The second-order valence-electron chi connectivity index (χ2n) is 8.03. The van der Waals surface area contributed by atoms with Gasteiger partial charge in [0.15, 0.2) is 0 Å². The molecule has 0 bridgehead atoms. The summed E-state index contributed by atoms with van der Waals surface area (Å²) >= 11 is 0. The van der Waals surface area contributed by atoms with Gasteiger partial charge in [-0.2, -0.15) is 0 Å². The third-order valence-electron chi connectivity index (χ3n) is 5.25. The molecule has 1 aliphatic rings. The standard InChI is InChI=1S/C19H36O3Si3/c1-10-14-23(6,7)18-13-12-17(16-25(20-3,21-4)22-5)19(18)24(8,9)15-11-2/h10-11,13H,1-2,12,14-16H2,3-9H3. The van der Waals surface area contributed by atoms with Gasteiger partial charge in [0.2, 0.25) is 0 Å². The minimum atomic E-state index is -2.63. The molecule has 0 aromatic carbocycles. The molecule has 0 aliphatic heterocycles. The highest BCUT2D eigenvalue weighted by Crippen LogP contribution is 2.44. The Labute approximate surface area is 157 Å². The Hall–Kier alpha value is -0.509. The molecule has 0 fully saturated rings. The van der Waals surface area contributed by atoms with Gasteiger partial charge in [-0.3, -0.25) is 0 Å². The lowest BCUT2D eigenvalue weighted by Crippen LogP contribution is -2.44. The van der Waals surface area contributed by atoms with Crippen molar-refractivity contribution < 1.29 is 13.3 Å². The molecule has 0 aromatic rings. The molecule has 0 radical (unpaired) electrons. The molecule has 1 rings (SSSR count). The van der Waals surface area contributed by atoms with Crippen molar-refractivity contribution in [3.05, 3.63) is 47.4 Å². The first-order chi connectivity index (χ1) is 11.6. The van der Waals surface area contributed by atoms with Gasteiger partial charge >= 0.3 is 8.80 Å². The van der Waals surface area contributed by atoms with Crippen molar-refractivity contribution >= 4 is 25.0 Å². The summed E-state index contributed by atoms with van der Waals surface area (Å²) in [4.78, 5) is 0. The summed E-state index contributed by atoms with van der Waals surface area (Å²) in [5.74, 6) is 0. The predicted octanol–water partition coefficient (Wildman–Crippen LogP) is 5.36. The maximum absolute atomic E-state index is 5.72. The molecule has 0 aromatic heterocycles. The van der Waals surface area contributed by atoms with Crippen LogP contribution in [0.4, 0.5) is 0 Å². The Morgan fingerprint density at radius 2 is 1.40 bits per heavy atom. The van der Waals surface area contributed by atoms with Crippen LogP contribution in [0.5, 0.6) is 0 Å². The first-order valence-electron chi connectivity index (χ1n) is 8.93. The monoisotopic (exact) mass is 396 g/mol. The maximum atomic E-state index is 5.72. The normalized spacial score (nSPS) is 16.2. The van der Waals surface area contributed by atoms with Crippen LogP contribution >= 0.6 is 0 Å². The Bertz CT molecular complexity index is 550. The molecular formula is C19H36O3Si3. The van der Waals surface area contributed by atoms with Crippen molar-refractivity contribution in [2.75, 3.05) is 21.3 Å². The summed E-state index contributed by atoms with van der Waals surface area (Å²) in [6, 6.07) is 2.97. The van der Waals surface area contributed by atoms with E-state index in [1.54, 1.807) is 31.7 Å². The average Bonchev–Trinajstić information content (AvgIpc) is 2.98. The first-order valence-corrected chi connectivity index (χ1v) is 17.3. The van der Waals surface area contributed by atoms with Crippen LogP contribution < -0.4 is 0 Å². The van der Waals surface area contributed by atoms with Gasteiger partial charge in [-0.15, -0.1) is 13.2 Å². The summed E-state index contributed by atoms with van der Waals surface area (Å²) < 4.78 is 17.1. The van der Waals surface area contributed by atoms with Gasteiger partial charge in [-0.25, -0.2) is 0 Å². The molecule has 1 aliphatic carbocycles. The molecule has 3 nitrogen and oxygen atoms in total. The predicted molar refractivity (Wildman–Crippen MR) is 116 cm³/mol. The molecule has 0 spiro atoms. The zero-order valence-corrected chi connectivity index (χ0v) is 20.2. The van der Waals surface area contributed by atoms with Crippen molar-refractivity contribution in [3.8, 4) is 0 Å². The second kappa shape index (κ2) is 8.92. The van der Waals surface area contributed by atoms with Crippen LogP contribution in [0.15, 0.2) is 47.4 Å². The largest absolute Gasteiger partial charge is 0.504 e. The van der Waals surface area contributed by atoms with Gasteiger partial charge in [0.25, 0.3) is 0 Å². The lowest BCUT2D eigenvalue weighted by atomic mass is 10.3. The SMILES string of the molecule is C=CC[Si](C)(C)C1=CCC(C[Si](OC)(OC)OC)=C1[Si](C)(C)CC=C. The van der Waals surface area contributed by atoms with E-state index in [-0.39, 0.29) is 0 Å². The van der Waals surface area contributed by atoms with Crippen molar-refractivity contribution in [1.82, 2.24) is 0 Å². The summed E-state index contributed by atoms with van der Waals surface area (Å²) in [5, 5.41) is 3.24. The van der Waals surface area contributed by atoms with E-state index in [9.17, 15) is 0 Å². The Morgan fingerprint density at radius 3 is 1.84 bits per heavy atom. The Morgan fingerprint density at radius 1 is 0.920 bits per heavy atom. The van der Waals surface area contributed by atoms with Crippen molar-refractivity contribution in [1.29, 1.82) is 0 Å². The van der Waals surface area contributed by atoms with E-state index in [2.05, 4.69) is 57.6 Å². The summed E-state index contributed by atoms with van der Waals surface area (Å²) in [7, 11) is -0.698. The van der Waals surface area contributed by atoms with Crippen LogP contribution in [-0.4, -0.2) is 46.3 Å². The smallest absolute Gasteiger partial charge is 0.377 e. The van der Waals surface area contributed by atoms with Gasteiger partial charge in [0.05, 0.1) is 16.1 Å². The third kappa shape index (κ3) is 5.02. The summed E-state index contributed by atoms with van der Waals surface area (Å²) in [6.07, 6.45) is 7.64. The van der Waals surface area contributed by atoms with E-state index >= 15 is 0 Å². The van der Waals surface area contributed by atoms with E-state index in [0.29, 0.717) is 0 Å². The molecule has 0 saturated carbocycles. The molecule has 0 unspecified atom stereocenters. The molecule has 0 saturated heterocycles. The van der Waals surface area contributed by atoms with Crippen LogP contribution in [0.25, 0.3) is 0 Å². The van der Waals surface area contributed by atoms with E-state index in [1.807, 2.05) is 0 Å². The number of allylic oxidation sites excluding steroid dienone is 6. The maximum Gasteiger partial charge on any atom is 0.504 e. The van der Waals surface area contributed by atoms with E-state index in [0.717, 1.165) is 24.6 Å². The molecule has 0 heterocycles. The molecule has 6 heteroatoms. The van der Waals surface area contributed by atoms with Crippen LogP contribution in [0.3, 0.4) is 0 Å². The van der Waals surface area contributed by atoms with Gasteiger partial charge in [0, 0.05) is 27.4 Å². The lowest BCUT2D eigenvalue weighted by molar-refractivity contribution is 0.126. The number of hydrogen-bond acceptors (Lipinski definition) is 3. The lowest BCUT2D eigenvalue weighted by Gasteiger charge is -2.35. The number of rotatable bonds is 11. The highest BCUT2D eigenvalue weighted by Gasteiger charge is 2.44. The number of hydrogen-bond donors (Lipinski definition) is 0. The van der Waals surface area contributed by atoms with E-state index < -0.39 is 25.0 Å². The van der Waals surface area contributed by atoms with E-state index in [4.69, 9.17) is 13.3 Å². The molecule has 0 amide bonds. The molecule has 142 valence electrons. The van der Waals surface area contributed by atoms with Crippen LogP contribution in [0, 0.1) is 0 Å². The van der Waals surface area contributed by atoms with Crippen molar-refractivity contribution in [3.63, 3.8) is 0 Å². The third-order valence-corrected chi connectivity index (χ3v) is 14.7. The average molecular weight is 397 g/mol. The molecular weight excluding hydrogens is 360 g/mol. The highest BCUT2D eigenvalue weighted by molar-refractivity contribution is 6.93. The fourth-order valence-corrected chi connectivity index (χ4v) is 13.2. The van der Waals surface area contributed by atoms with Crippen LogP contribution in [0.2, 0.25) is 44.3 Å². The van der Waals surface area contributed by atoms with Gasteiger partial charge in [-0.1, -0.05) is 60.4 Å². The minimum absolute atomic E-state index is 0.776. The zero-order chi connectivity index (χ0) is 19.3. The molecule has 25 heavy (non-hydrogen) atoms. The van der Waals surface area contributed by atoms with Gasteiger partial charge in [-0.05, 0) is 18.5 Å². The van der Waals surface area contributed by atoms with Crippen molar-refractivity contribution in [2.45, 2.75) is 50.7 Å². The quantitative estimate of drug-likeness (QED) is 0.347.